The van der Waals surface area contributed by atoms with Crippen LogP contribution in [0.3, 0.4) is 0 Å². The lowest BCUT2D eigenvalue weighted by Gasteiger charge is -2.13. The van der Waals surface area contributed by atoms with Crippen LogP contribution in [0.25, 0.3) is 0 Å². The van der Waals surface area contributed by atoms with Gasteiger partial charge in [-0.15, -0.1) is 0 Å². The summed E-state index contributed by atoms with van der Waals surface area (Å²) in [6.45, 7) is 1.78. The highest BCUT2D eigenvalue weighted by atomic mass is 35.5. The van der Waals surface area contributed by atoms with Gasteiger partial charge < -0.3 is 14.8 Å². The van der Waals surface area contributed by atoms with E-state index in [1.165, 1.54) is 0 Å². The van der Waals surface area contributed by atoms with E-state index < -0.39 is 6.10 Å². The second-order valence-electron chi connectivity index (χ2n) is 4.30. The van der Waals surface area contributed by atoms with Crippen molar-refractivity contribution in [2.24, 2.45) is 0 Å². The molecule has 0 fully saturated rings. The molecule has 2 rings (SSSR count). The lowest BCUT2D eigenvalue weighted by Crippen LogP contribution is -2.28. The molecule has 0 aliphatic carbocycles. The predicted octanol–water partition coefficient (Wildman–Crippen LogP) is 3.36. The predicted molar refractivity (Wildman–Crippen MR) is 77.2 cm³/mol. The molecule has 1 aromatic heterocycles. The minimum atomic E-state index is -0.917. The van der Waals surface area contributed by atoms with Crippen LogP contribution < -0.4 is 5.32 Å². The first kappa shape index (κ1) is 14.9. The van der Waals surface area contributed by atoms with Crippen LogP contribution in [0.4, 0.5) is 0 Å². The van der Waals surface area contributed by atoms with Crippen molar-refractivity contribution in [1.82, 2.24) is 5.32 Å². The van der Waals surface area contributed by atoms with E-state index in [4.69, 9.17) is 27.6 Å². The monoisotopic (exact) mass is 313 g/mol. The van der Waals surface area contributed by atoms with Crippen molar-refractivity contribution >= 4 is 29.1 Å². The first-order valence-corrected chi connectivity index (χ1v) is 6.70. The standard InChI is InChI=1S/C14H13Cl2NO3/c1-8-2-5-13(20-8)14(19)17-7-12(18)10-4-3-9(15)6-11(10)16/h2-6,12,18H,7H2,1H3,(H,17,19). The number of carbonyl (C=O) groups excluding carboxylic acids is 1. The van der Waals surface area contributed by atoms with Gasteiger partial charge in [-0.25, -0.2) is 0 Å². The van der Waals surface area contributed by atoms with Gasteiger partial charge in [-0.1, -0.05) is 29.3 Å². The number of halogens is 2. The number of aliphatic hydroxyl groups is 1. The number of amides is 1. The van der Waals surface area contributed by atoms with Crippen LogP contribution in [0, 0.1) is 6.92 Å². The van der Waals surface area contributed by atoms with E-state index in [-0.39, 0.29) is 18.2 Å². The second kappa shape index (κ2) is 6.31. The molecule has 106 valence electrons. The van der Waals surface area contributed by atoms with Crippen LogP contribution in [0.1, 0.15) is 28.0 Å². The molecule has 1 unspecified atom stereocenters. The number of hydrogen-bond acceptors (Lipinski definition) is 3. The molecule has 1 atom stereocenters. The Morgan fingerprint density at radius 3 is 2.70 bits per heavy atom. The molecule has 0 aliphatic heterocycles. The fourth-order valence-electron chi connectivity index (χ4n) is 1.71. The summed E-state index contributed by atoms with van der Waals surface area (Å²) >= 11 is 11.8. The topological polar surface area (TPSA) is 62.5 Å². The molecule has 1 heterocycles. The number of nitrogens with one attached hydrogen (secondary N) is 1. The van der Waals surface area contributed by atoms with Gasteiger partial charge in [-0.2, -0.15) is 0 Å². The molecule has 0 aliphatic rings. The summed E-state index contributed by atoms with van der Waals surface area (Å²) in [6.07, 6.45) is -0.917. The van der Waals surface area contributed by atoms with Crippen LogP contribution in [0.15, 0.2) is 34.7 Å². The third-order valence-corrected chi connectivity index (χ3v) is 3.30. The molecule has 0 saturated heterocycles. The summed E-state index contributed by atoms with van der Waals surface area (Å²) in [5.41, 5.74) is 0.506. The lowest BCUT2D eigenvalue weighted by atomic mass is 10.1. The molecule has 2 N–H and O–H groups in total. The maximum Gasteiger partial charge on any atom is 0.287 e. The average Bonchev–Trinajstić information content (AvgIpc) is 2.82. The zero-order valence-corrected chi connectivity index (χ0v) is 12.2. The van der Waals surface area contributed by atoms with Crippen molar-refractivity contribution in [3.63, 3.8) is 0 Å². The van der Waals surface area contributed by atoms with E-state index in [9.17, 15) is 9.90 Å². The number of aliphatic hydroxyl groups excluding tert-OH is 1. The number of carbonyl (C=O) groups is 1. The number of rotatable bonds is 4. The molecular weight excluding hydrogens is 301 g/mol. The Bertz CT molecular complexity index is 625. The lowest BCUT2D eigenvalue weighted by molar-refractivity contribution is 0.0888. The van der Waals surface area contributed by atoms with Crippen LogP contribution in [0.5, 0.6) is 0 Å². The average molecular weight is 314 g/mol. The number of hydrogen-bond donors (Lipinski definition) is 2. The summed E-state index contributed by atoms with van der Waals surface area (Å²) in [5, 5.41) is 13.4. The van der Waals surface area contributed by atoms with Crippen LogP contribution in [-0.4, -0.2) is 17.6 Å². The molecule has 1 amide bonds. The summed E-state index contributed by atoms with van der Waals surface area (Å²) in [4.78, 5) is 11.8. The Balaban J connectivity index is 1.98. The molecule has 0 radical (unpaired) electrons. The Kier molecular flexibility index (Phi) is 4.70. The molecular formula is C14H13Cl2NO3. The van der Waals surface area contributed by atoms with Gasteiger partial charge in [-0.3, -0.25) is 4.79 Å². The van der Waals surface area contributed by atoms with Gasteiger partial charge in [0.25, 0.3) is 5.91 Å². The highest BCUT2D eigenvalue weighted by Gasteiger charge is 2.15. The molecule has 0 saturated carbocycles. The van der Waals surface area contributed by atoms with Gasteiger partial charge in [0.15, 0.2) is 5.76 Å². The van der Waals surface area contributed by atoms with Crippen molar-refractivity contribution in [1.29, 1.82) is 0 Å². The van der Waals surface area contributed by atoms with Gasteiger partial charge in [0, 0.05) is 22.2 Å². The summed E-state index contributed by atoms with van der Waals surface area (Å²) in [5.74, 6) is 0.468. The van der Waals surface area contributed by atoms with Crippen molar-refractivity contribution < 1.29 is 14.3 Å². The maximum atomic E-state index is 11.8. The molecule has 2 aromatic rings. The first-order valence-electron chi connectivity index (χ1n) is 5.95. The Morgan fingerprint density at radius 2 is 2.10 bits per heavy atom. The van der Waals surface area contributed by atoms with Gasteiger partial charge in [0.1, 0.15) is 5.76 Å². The highest BCUT2D eigenvalue weighted by Crippen LogP contribution is 2.25. The van der Waals surface area contributed by atoms with Crippen molar-refractivity contribution in [2.75, 3.05) is 6.54 Å². The third-order valence-electron chi connectivity index (χ3n) is 2.74. The molecule has 1 aromatic carbocycles. The SMILES string of the molecule is Cc1ccc(C(=O)NCC(O)c2ccc(Cl)cc2Cl)o1. The summed E-state index contributed by atoms with van der Waals surface area (Å²) < 4.78 is 5.19. The molecule has 0 bridgehead atoms. The highest BCUT2D eigenvalue weighted by molar-refractivity contribution is 6.35. The molecule has 20 heavy (non-hydrogen) atoms. The van der Waals surface area contributed by atoms with Crippen LogP contribution >= 0.6 is 23.2 Å². The number of benzene rings is 1. The normalized spacial score (nSPS) is 12.2. The molecule has 0 spiro atoms. The third kappa shape index (κ3) is 3.54. The minimum absolute atomic E-state index is 0.0277. The van der Waals surface area contributed by atoms with E-state index in [0.29, 0.717) is 21.4 Å². The maximum absolute atomic E-state index is 11.8. The number of aryl methyl sites for hydroxylation is 1. The van der Waals surface area contributed by atoms with Crippen molar-refractivity contribution in [3.05, 3.63) is 57.5 Å². The number of furan rings is 1. The first-order chi connectivity index (χ1) is 9.47. The van der Waals surface area contributed by atoms with Gasteiger partial charge in [0.2, 0.25) is 0 Å². The van der Waals surface area contributed by atoms with E-state index in [1.807, 2.05) is 0 Å². The van der Waals surface area contributed by atoms with E-state index in [1.54, 1.807) is 37.3 Å². The zero-order valence-electron chi connectivity index (χ0n) is 10.7. The second-order valence-corrected chi connectivity index (χ2v) is 5.15. The van der Waals surface area contributed by atoms with E-state index in [2.05, 4.69) is 5.32 Å². The van der Waals surface area contributed by atoms with Gasteiger partial charge in [0.05, 0.1) is 6.10 Å². The fraction of sp³-hybridized carbons (Fsp3) is 0.214. The van der Waals surface area contributed by atoms with E-state index >= 15 is 0 Å². The summed E-state index contributed by atoms with van der Waals surface area (Å²) in [6, 6.07) is 8.06. The van der Waals surface area contributed by atoms with Gasteiger partial charge >= 0.3 is 0 Å². The smallest absolute Gasteiger partial charge is 0.287 e. The fourth-order valence-corrected chi connectivity index (χ4v) is 2.25. The molecule has 4 nitrogen and oxygen atoms in total. The van der Waals surface area contributed by atoms with Crippen molar-refractivity contribution in [3.8, 4) is 0 Å². The zero-order chi connectivity index (χ0) is 14.7. The Hall–Kier alpha value is -1.49. The van der Waals surface area contributed by atoms with Crippen LogP contribution in [-0.2, 0) is 0 Å². The summed E-state index contributed by atoms with van der Waals surface area (Å²) in [7, 11) is 0. The Morgan fingerprint density at radius 1 is 1.35 bits per heavy atom. The quantitative estimate of drug-likeness (QED) is 0.909. The van der Waals surface area contributed by atoms with E-state index in [0.717, 1.165) is 0 Å². The van der Waals surface area contributed by atoms with Crippen LogP contribution in [0.2, 0.25) is 10.0 Å². The molecule has 6 heteroatoms. The Labute approximate surface area is 126 Å². The minimum Gasteiger partial charge on any atom is -0.456 e. The van der Waals surface area contributed by atoms with Crippen molar-refractivity contribution in [2.45, 2.75) is 13.0 Å². The van der Waals surface area contributed by atoms with Gasteiger partial charge in [-0.05, 0) is 31.2 Å². The largest absolute Gasteiger partial charge is 0.456 e.